The third-order valence-corrected chi connectivity index (χ3v) is 3.66. The molecule has 0 heterocycles. The van der Waals surface area contributed by atoms with Crippen molar-refractivity contribution in [1.82, 2.24) is 10.6 Å². The highest BCUT2D eigenvalue weighted by atomic mass is 32.2. The molecule has 0 aromatic rings. The smallest absolute Gasteiger partial charge is 0.236 e. The minimum Gasteiger partial charge on any atom is -0.355 e. The molecule has 0 aliphatic carbocycles. The second kappa shape index (κ2) is 10.5. The summed E-state index contributed by atoms with van der Waals surface area (Å²) >= 11 is 0. The molecule has 0 saturated heterocycles. The first-order chi connectivity index (χ1) is 8.47. The van der Waals surface area contributed by atoms with Crippen LogP contribution in [-0.2, 0) is 15.6 Å². The van der Waals surface area contributed by atoms with E-state index in [-0.39, 0.29) is 18.0 Å². The Kier molecular flexibility index (Phi) is 10.3. The first kappa shape index (κ1) is 17.6. The number of amides is 1. The lowest BCUT2D eigenvalue weighted by Gasteiger charge is -2.19. The van der Waals surface area contributed by atoms with Crippen molar-refractivity contribution in [2.45, 2.75) is 58.5 Å². The van der Waals surface area contributed by atoms with Crippen molar-refractivity contribution in [3.8, 4) is 0 Å². The first-order valence-electron chi connectivity index (χ1n) is 6.81. The van der Waals surface area contributed by atoms with E-state index in [1.165, 1.54) is 0 Å². The SMILES string of the molecule is CCCCCNC(=O)C(C)NC(C)CCS(C)=O. The molecule has 2 N–H and O–H groups in total. The Morgan fingerprint density at radius 2 is 1.94 bits per heavy atom. The summed E-state index contributed by atoms with van der Waals surface area (Å²) in [6.45, 7) is 6.79. The van der Waals surface area contributed by atoms with Gasteiger partial charge in [0, 0.05) is 35.4 Å². The number of carbonyl (C=O) groups is 1. The zero-order chi connectivity index (χ0) is 14.0. The largest absolute Gasteiger partial charge is 0.355 e. The molecule has 0 aliphatic heterocycles. The fourth-order valence-electron chi connectivity index (χ4n) is 1.67. The van der Waals surface area contributed by atoms with Gasteiger partial charge in [0.05, 0.1) is 6.04 Å². The average Bonchev–Trinajstić information content (AvgIpc) is 2.31. The zero-order valence-corrected chi connectivity index (χ0v) is 12.9. The highest BCUT2D eigenvalue weighted by molar-refractivity contribution is 7.84. The molecule has 4 nitrogen and oxygen atoms in total. The number of hydrogen-bond acceptors (Lipinski definition) is 3. The Balaban J connectivity index is 3.74. The Hall–Kier alpha value is -0.420. The summed E-state index contributed by atoms with van der Waals surface area (Å²) in [5.74, 6) is 0.731. The van der Waals surface area contributed by atoms with Crippen LogP contribution in [0.1, 0.15) is 46.5 Å². The van der Waals surface area contributed by atoms with E-state index < -0.39 is 10.8 Å². The lowest BCUT2D eigenvalue weighted by Crippen LogP contribution is -2.46. The van der Waals surface area contributed by atoms with Crippen LogP contribution in [0.25, 0.3) is 0 Å². The third-order valence-electron chi connectivity index (χ3n) is 2.85. The molecule has 0 rings (SSSR count). The highest BCUT2D eigenvalue weighted by Gasteiger charge is 2.14. The van der Waals surface area contributed by atoms with Crippen molar-refractivity contribution in [3.05, 3.63) is 0 Å². The molecular weight excluding hydrogens is 248 g/mol. The summed E-state index contributed by atoms with van der Waals surface area (Å²) in [5, 5.41) is 6.16. The van der Waals surface area contributed by atoms with Crippen LogP contribution in [0.4, 0.5) is 0 Å². The van der Waals surface area contributed by atoms with Crippen molar-refractivity contribution < 1.29 is 9.00 Å². The highest BCUT2D eigenvalue weighted by Crippen LogP contribution is 1.96. The van der Waals surface area contributed by atoms with E-state index >= 15 is 0 Å². The second-order valence-electron chi connectivity index (χ2n) is 4.85. The van der Waals surface area contributed by atoms with E-state index in [2.05, 4.69) is 17.6 Å². The number of carbonyl (C=O) groups excluding carboxylic acids is 1. The Bertz CT molecular complexity index is 259. The molecule has 0 fully saturated rings. The average molecular weight is 276 g/mol. The number of unbranched alkanes of at least 4 members (excludes halogenated alkanes) is 2. The van der Waals surface area contributed by atoms with Gasteiger partial charge in [-0.05, 0) is 26.7 Å². The van der Waals surface area contributed by atoms with Crippen LogP contribution in [0.2, 0.25) is 0 Å². The van der Waals surface area contributed by atoms with Crippen LogP contribution < -0.4 is 10.6 Å². The molecule has 0 aromatic carbocycles. The maximum atomic E-state index is 11.7. The summed E-state index contributed by atoms with van der Waals surface area (Å²) in [6, 6.07) is 0.0252. The minimum atomic E-state index is -0.759. The summed E-state index contributed by atoms with van der Waals surface area (Å²) < 4.78 is 11.0. The molecule has 0 saturated carbocycles. The van der Waals surface area contributed by atoms with Gasteiger partial charge in [-0.2, -0.15) is 0 Å². The van der Waals surface area contributed by atoms with Gasteiger partial charge in [-0.25, -0.2) is 0 Å². The topological polar surface area (TPSA) is 58.2 Å². The van der Waals surface area contributed by atoms with E-state index in [1.807, 2.05) is 13.8 Å². The predicted molar refractivity (Wildman–Crippen MR) is 78.1 cm³/mol. The van der Waals surface area contributed by atoms with Gasteiger partial charge in [-0.1, -0.05) is 19.8 Å². The molecular formula is C13H28N2O2S. The van der Waals surface area contributed by atoms with Crippen molar-refractivity contribution >= 4 is 16.7 Å². The third kappa shape index (κ3) is 9.59. The maximum Gasteiger partial charge on any atom is 0.236 e. The molecule has 5 heteroatoms. The molecule has 18 heavy (non-hydrogen) atoms. The molecule has 0 aromatic heterocycles. The fraction of sp³-hybridized carbons (Fsp3) is 0.923. The molecule has 3 unspecified atom stereocenters. The Morgan fingerprint density at radius 3 is 2.50 bits per heavy atom. The predicted octanol–water partition coefficient (Wildman–Crippen LogP) is 1.43. The molecule has 0 aliphatic rings. The molecule has 108 valence electrons. The second-order valence-corrected chi connectivity index (χ2v) is 6.41. The lowest BCUT2D eigenvalue weighted by atomic mass is 10.2. The fourth-order valence-corrected chi connectivity index (χ4v) is 2.35. The number of nitrogens with one attached hydrogen (secondary N) is 2. The van der Waals surface area contributed by atoms with Crippen LogP contribution in [0, 0.1) is 0 Å². The van der Waals surface area contributed by atoms with E-state index in [0.29, 0.717) is 5.75 Å². The first-order valence-corrected chi connectivity index (χ1v) is 8.53. The molecule has 0 bridgehead atoms. The number of hydrogen-bond donors (Lipinski definition) is 2. The summed E-state index contributed by atoms with van der Waals surface area (Å²) in [5.41, 5.74) is 0. The Labute approximate surface area is 114 Å². The van der Waals surface area contributed by atoms with Gasteiger partial charge in [0.1, 0.15) is 0 Å². The quantitative estimate of drug-likeness (QED) is 0.593. The molecule has 3 atom stereocenters. The van der Waals surface area contributed by atoms with Crippen molar-refractivity contribution in [3.63, 3.8) is 0 Å². The van der Waals surface area contributed by atoms with E-state index in [4.69, 9.17) is 0 Å². The summed E-state index contributed by atoms with van der Waals surface area (Å²) in [4.78, 5) is 11.7. The zero-order valence-electron chi connectivity index (χ0n) is 12.1. The molecule has 0 spiro atoms. The minimum absolute atomic E-state index is 0.0515. The summed E-state index contributed by atoms with van der Waals surface area (Å²) in [6.07, 6.45) is 5.89. The monoisotopic (exact) mass is 276 g/mol. The van der Waals surface area contributed by atoms with Gasteiger partial charge < -0.3 is 10.6 Å². The van der Waals surface area contributed by atoms with Gasteiger partial charge in [0.2, 0.25) is 5.91 Å². The van der Waals surface area contributed by atoms with Gasteiger partial charge in [0.25, 0.3) is 0 Å². The van der Waals surface area contributed by atoms with E-state index in [1.54, 1.807) is 6.26 Å². The molecule has 1 amide bonds. The number of rotatable bonds is 10. The van der Waals surface area contributed by atoms with E-state index in [9.17, 15) is 9.00 Å². The Morgan fingerprint density at radius 1 is 1.28 bits per heavy atom. The van der Waals surface area contributed by atoms with Crippen molar-refractivity contribution in [2.24, 2.45) is 0 Å². The van der Waals surface area contributed by atoms with Crippen molar-refractivity contribution in [1.29, 1.82) is 0 Å². The lowest BCUT2D eigenvalue weighted by molar-refractivity contribution is -0.122. The van der Waals surface area contributed by atoms with Gasteiger partial charge >= 0.3 is 0 Å². The van der Waals surface area contributed by atoms with Crippen LogP contribution in [0.5, 0.6) is 0 Å². The van der Waals surface area contributed by atoms with Crippen LogP contribution >= 0.6 is 0 Å². The van der Waals surface area contributed by atoms with Crippen LogP contribution in [0.15, 0.2) is 0 Å². The van der Waals surface area contributed by atoms with Crippen LogP contribution in [-0.4, -0.2) is 40.8 Å². The maximum absolute atomic E-state index is 11.7. The van der Waals surface area contributed by atoms with Gasteiger partial charge in [-0.15, -0.1) is 0 Å². The van der Waals surface area contributed by atoms with Crippen LogP contribution in [0.3, 0.4) is 0 Å². The summed E-state index contributed by atoms with van der Waals surface area (Å²) in [7, 11) is -0.759. The normalized spacial score (nSPS) is 16.0. The van der Waals surface area contributed by atoms with Crippen molar-refractivity contribution in [2.75, 3.05) is 18.6 Å². The van der Waals surface area contributed by atoms with Gasteiger partial charge in [-0.3, -0.25) is 9.00 Å². The van der Waals surface area contributed by atoms with Gasteiger partial charge in [0.15, 0.2) is 0 Å². The van der Waals surface area contributed by atoms with E-state index in [0.717, 1.165) is 32.2 Å². The molecule has 0 radical (unpaired) electrons. The standard InChI is InChI=1S/C13H28N2O2S/c1-5-6-7-9-14-13(16)12(3)15-11(2)8-10-18(4)17/h11-12,15H,5-10H2,1-4H3,(H,14,16).